The molecule has 1 heterocycles. The van der Waals surface area contributed by atoms with Crippen LogP contribution in [0.4, 0.5) is 0 Å². The molecule has 1 amide bonds. The molecule has 0 radical (unpaired) electrons. The summed E-state index contributed by atoms with van der Waals surface area (Å²) >= 11 is 0. The van der Waals surface area contributed by atoms with Crippen LogP contribution < -0.4 is 0 Å². The Morgan fingerprint density at radius 3 is 2.48 bits per heavy atom. The lowest BCUT2D eigenvalue weighted by Crippen LogP contribution is -2.48. The number of aromatic nitrogens is 2. The molecular formula is C15H19N3O3. The largest absolute Gasteiger partial charge is 0.480 e. The van der Waals surface area contributed by atoms with Gasteiger partial charge < -0.3 is 10.0 Å². The van der Waals surface area contributed by atoms with Gasteiger partial charge in [-0.1, -0.05) is 18.2 Å². The summed E-state index contributed by atoms with van der Waals surface area (Å²) in [6.07, 6.45) is 0. The molecule has 0 aliphatic heterocycles. The standard InChI is InChI=1S/C15H19N3O3/c1-15(2,3)18(9-12(19)20)14(21)13-10-7-5-6-8-11(10)17(4)16-13/h5-8H,9H2,1-4H3,(H,19,20). The van der Waals surface area contributed by atoms with Crippen molar-refractivity contribution in [3.05, 3.63) is 30.0 Å². The zero-order valence-corrected chi connectivity index (χ0v) is 12.6. The van der Waals surface area contributed by atoms with Crippen LogP contribution >= 0.6 is 0 Å². The second-order valence-electron chi connectivity index (χ2n) is 5.95. The van der Waals surface area contributed by atoms with Crippen molar-refractivity contribution in [2.45, 2.75) is 26.3 Å². The number of fused-ring (bicyclic) bond motifs is 1. The summed E-state index contributed by atoms with van der Waals surface area (Å²) in [6.45, 7) is 5.06. The number of benzene rings is 1. The minimum atomic E-state index is -1.04. The van der Waals surface area contributed by atoms with Crippen LogP contribution in [-0.4, -0.2) is 43.7 Å². The maximum atomic E-state index is 12.7. The first-order chi connectivity index (χ1) is 9.71. The number of aliphatic carboxylic acids is 1. The van der Waals surface area contributed by atoms with Crippen molar-refractivity contribution in [3.8, 4) is 0 Å². The molecule has 112 valence electrons. The predicted molar refractivity (Wildman–Crippen MR) is 79.1 cm³/mol. The monoisotopic (exact) mass is 289 g/mol. The highest BCUT2D eigenvalue weighted by Gasteiger charge is 2.31. The van der Waals surface area contributed by atoms with Gasteiger partial charge in [-0.05, 0) is 26.8 Å². The molecule has 1 aromatic heterocycles. The topological polar surface area (TPSA) is 75.4 Å². The van der Waals surface area contributed by atoms with E-state index in [1.807, 2.05) is 24.3 Å². The van der Waals surface area contributed by atoms with Crippen LogP contribution in [0.3, 0.4) is 0 Å². The van der Waals surface area contributed by atoms with Crippen molar-refractivity contribution in [1.82, 2.24) is 14.7 Å². The predicted octanol–water partition coefficient (Wildman–Crippen LogP) is 1.90. The maximum Gasteiger partial charge on any atom is 0.323 e. The molecule has 6 nitrogen and oxygen atoms in total. The van der Waals surface area contributed by atoms with Crippen LogP contribution in [0, 0.1) is 0 Å². The van der Waals surface area contributed by atoms with E-state index in [4.69, 9.17) is 5.11 Å². The first kappa shape index (κ1) is 15.0. The van der Waals surface area contributed by atoms with E-state index in [0.717, 1.165) is 10.9 Å². The minimum absolute atomic E-state index is 0.282. The summed E-state index contributed by atoms with van der Waals surface area (Å²) in [5.41, 5.74) is 0.517. The summed E-state index contributed by atoms with van der Waals surface area (Å²) in [6, 6.07) is 7.39. The lowest BCUT2D eigenvalue weighted by atomic mass is 10.0. The number of aryl methyl sites for hydroxylation is 1. The molecule has 0 bridgehead atoms. The molecule has 6 heteroatoms. The molecule has 0 spiro atoms. The number of hydrogen-bond acceptors (Lipinski definition) is 3. The van der Waals surface area contributed by atoms with Crippen LogP contribution in [0.1, 0.15) is 31.3 Å². The Labute approximate surface area is 123 Å². The molecule has 0 fully saturated rings. The number of carbonyl (C=O) groups excluding carboxylic acids is 1. The summed E-state index contributed by atoms with van der Waals surface area (Å²) in [7, 11) is 1.76. The molecule has 1 aromatic carbocycles. The third-order valence-electron chi connectivity index (χ3n) is 3.31. The van der Waals surface area contributed by atoms with E-state index in [9.17, 15) is 9.59 Å². The smallest absolute Gasteiger partial charge is 0.323 e. The van der Waals surface area contributed by atoms with Crippen LogP contribution in [0.5, 0.6) is 0 Å². The van der Waals surface area contributed by atoms with Gasteiger partial charge in [0.2, 0.25) is 0 Å². The number of carbonyl (C=O) groups is 2. The summed E-state index contributed by atoms with van der Waals surface area (Å²) in [5, 5.41) is 14.0. The molecule has 0 aliphatic rings. The zero-order valence-electron chi connectivity index (χ0n) is 12.6. The van der Waals surface area contributed by atoms with E-state index in [0.29, 0.717) is 0 Å². The quantitative estimate of drug-likeness (QED) is 0.936. The summed E-state index contributed by atoms with van der Waals surface area (Å²) in [4.78, 5) is 25.1. The van der Waals surface area contributed by atoms with Gasteiger partial charge in [0, 0.05) is 18.0 Å². The van der Waals surface area contributed by atoms with Gasteiger partial charge in [-0.3, -0.25) is 14.3 Å². The minimum Gasteiger partial charge on any atom is -0.480 e. The van der Waals surface area contributed by atoms with Crippen molar-refractivity contribution in [1.29, 1.82) is 0 Å². The Kier molecular flexibility index (Phi) is 3.72. The van der Waals surface area contributed by atoms with Crippen molar-refractivity contribution in [2.75, 3.05) is 6.54 Å². The first-order valence-corrected chi connectivity index (χ1v) is 6.67. The van der Waals surface area contributed by atoms with E-state index >= 15 is 0 Å². The molecule has 0 saturated heterocycles. The Balaban J connectivity index is 2.51. The molecule has 0 unspecified atom stereocenters. The lowest BCUT2D eigenvalue weighted by Gasteiger charge is -2.33. The van der Waals surface area contributed by atoms with Gasteiger partial charge >= 0.3 is 5.97 Å². The molecular weight excluding hydrogens is 270 g/mol. The van der Waals surface area contributed by atoms with Gasteiger partial charge in [-0.2, -0.15) is 5.10 Å². The molecule has 0 saturated carbocycles. The molecule has 21 heavy (non-hydrogen) atoms. The second kappa shape index (κ2) is 5.20. The third kappa shape index (κ3) is 2.89. The van der Waals surface area contributed by atoms with Crippen molar-refractivity contribution in [2.24, 2.45) is 7.05 Å². The van der Waals surface area contributed by atoms with Crippen molar-refractivity contribution in [3.63, 3.8) is 0 Å². The number of carboxylic acid groups (broad SMARTS) is 1. The zero-order chi connectivity index (χ0) is 15.8. The van der Waals surface area contributed by atoms with Crippen LogP contribution in [0.25, 0.3) is 10.9 Å². The van der Waals surface area contributed by atoms with E-state index in [1.54, 1.807) is 32.5 Å². The second-order valence-corrected chi connectivity index (χ2v) is 5.95. The third-order valence-corrected chi connectivity index (χ3v) is 3.31. The maximum absolute atomic E-state index is 12.7. The Bertz CT molecular complexity index is 698. The van der Waals surface area contributed by atoms with E-state index in [1.165, 1.54) is 4.90 Å². The van der Waals surface area contributed by atoms with E-state index < -0.39 is 11.5 Å². The number of carboxylic acids is 1. The molecule has 2 rings (SSSR count). The molecule has 1 N–H and O–H groups in total. The highest BCUT2D eigenvalue weighted by Crippen LogP contribution is 2.22. The van der Waals surface area contributed by atoms with Gasteiger partial charge in [0.25, 0.3) is 5.91 Å². The van der Waals surface area contributed by atoms with Crippen LogP contribution in [-0.2, 0) is 11.8 Å². The highest BCUT2D eigenvalue weighted by molar-refractivity contribution is 6.05. The summed E-state index contributed by atoms with van der Waals surface area (Å²) in [5.74, 6) is -1.42. The van der Waals surface area contributed by atoms with Crippen LogP contribution in [0.2, 0.25) is 0 Å². The van der Waals surface area contributed by atoms with E-state index in [2.05, 4.69) is 5.10 Å². The van der Waals surface area contributed by atoms with Gasteiger partial charge in [0.1, 0.15) is 6.54 Å². The number of rotatable bonds is 3. The van der Waals surface area contributed by atoms with Gasteiger partial charge in [-0.15, -0.1) is 0 Å². The summed E-state index contributed by atoms with van der Waals surface area (Å²) < 4.78 is 1.63. The SMILES string of the molecule is Cn1nc(C(=O)N(CC(=O)O)C(C)(C)C)c2ccccc21. The molecule has 0 aliphatic carbocycles. The van der Waals surface area contributed by atoms with Gasteiger partial charge in [-0.25, -0.2) is 0 Å². The fourth-order valence-corrected chi connectivity index (χ4v) is 2.25. The fourth-order valence-electron chi connectivity index (χ4n) is 2.25. The number of hydrogen-bond donors (Lipinski definition) is 1. The molecule has 0 atom stereocenters. The Morgan fingerprint density at radius 2 is 1.90 bits per heavy atom. The normalized spacial score (nSPS) is 11.6. The lowest BCUT2D eigenvalue weighted by molar-refractivity contribution is -0.138. The number of para-hydroxylation sites is 1. The van der Waals surface area contributed by atoms with E-state index in [-0.39, 0.29) is 18.1 Å². The Morgan fingerprint density at radius 1 is 1.29 bits per heavy atom. The number of amides is 1. The Hall–Kier alpha value is -2.37. The van der Waals surface area contributed by atoms with Crippen molar-refractivity contribution < 1.29 is 14.7 Å². The van der Waals surface area contributed by atoms with Gasteiger partial charge in [0.05, 0.1) is 5.52 Å². The van der Waals surface area contributed by atoms with Gasteiger partial charge in [0.15, 0.2) is 5.69 Å². The molecule has 2 aromatic rings. The van der Waals surface area contributed by atoms with Crippen LogP contribution in [0.15, 0.2) is 24.3 Å². The fraction of sp³-hybridized carbons (Fsp3) is 0.400. The average Bonchev–Trinajstić information content (AvgIpc) is 2.72. The van der Waals surface area contributed by atoms with Crippen molar-refractivity contribution >= 4 is 22.8 Å². The highest BCUT2D eigenvalue weighted by atomic mass is 16.4. The first-order valence-electron chi connectivity index (χ1n) is 6.67. The average molecular weight is 289 g/mol. The number of nitrogens with zero attached hydrogens (tertiary/aromatic N) is 3.